The molecule has 4 atom stereocenters. The lowest BCUT2D eigenvalue weighted by Gasteiger charge is -2.35. The number of hydrogen-bond acceptors (Lipinski definition) is 4. The molecule has 0 aromatic heterocycles. The first kappa shape index (κ1) is 11.7. The van der Waals surface area contributed by atoms with Crippen molar-refractivity contribution in [3.63, 3.8) is 0 Å². The maximum absolute atomic E-state index is 12.0. The predicted octanol–water partition coefficient (Wildman–Crippen LogP) is -0.580. The minimum absolute atomic E-state index is 0.0578. The molecule has 1 fully saturated rings. The molecule has 1 aliphatic rings. The number of aliphatic hydroxyl groups is 3. The molecule has 0 aliphatic carbocycles. The maximum Gasteiger partial charge on any atom is 0.417 e. The van der Waals surface area contributed by atoms with Crippen molar-refractivity contribution in [2.45, 2.75) is 37.0 Å². The fraction of sp³-hybridized carbons (Fsp3) is 1.00. The number of alkyl halides is 3. The summed E-state index contributed by atoms with van der Waals surface area (Å²) in [5.41, 5.74) is 0. The van der Waals surface area contributed by atoms with E-state index < -0.39 is 30.6 Å². The highest BCUT2D eigenvalue weighted by atomic mass is 19.4. The summed E-state index contributed by atoms with van der Waals surface area (Å²) >= 11 is 0. The van der Waals surface area contributed by atoms with E-state index in [1.807, 2.05) is 0 Å². The average molecular weight is 216 g/mol. The Labute approximate surface area is 77.9 Å². The van der Waals surface area contributed by atoms with Crippen molar-refractivity contribution in [2.24, 2.45) is 0 Å². The summed E-state index contributed by atoms with van der Waals surface area (Å²) in [5, 5.41) is 27.0. The van der Waals surface area contributed by atoms with E-state index in [1.165, 1.54) is 0 Å². The summed E-state index contributed by atoms with van der Waals surface area (Å²) in [6, 6.07) is 0. The van der Waals surface area contributed by atoms with Crippen molar-refractivity contribution >= 4 is 0 Å². The van der Waals surface area contributed by atoms with Crippen molar-refractivity contribution in [1.82, 2.24) is 0 Å². The smallest absolute Gasteiger partial charge is 0.390 e. The Morgan fingerprint density at radius 1 is 1.29 bits per heavy atom. The summed E-state index contributed by atoms with van der Waals surface area (Å²) < 4.78 is 40.6. The van der Waals surface area contributed by atoms with Crippen LogP contribution in [-0.2, 0) is 4.74 Å². The fourth-order valence-corrected chi connectivity index (χ4v) is 1.28. The first-order valence-electron chi connectivity index (χ1n) is 4.06. The third-order valence-corrected chi connectivity index (χ3v) is 2.10. The summed E-state index contributed by atoms with van der Waals surface area (Å²) in [6.45, 7) is -0.115. The largest absolute Gasteiger partial charge is 0.417 e. The van der Waals surface area contributed by atoms with E-state index >= 15 is 0 Å². The quantitative estimate of drug-likeness (QED) is 0.548. The van der Waals surface area contributed by atoms with E-state index in [1.54, 1.807) is 0 Å². The Kier molecular flexibility index (Phi) is 3.36. The van der Waals surface area contributed by atoms with Crippen LogP contribution in [0.4, 0.5) is 13.2 Å². The monoisotopic (exact) mass is 216 g/mol. The second-order valence-corrected chi connectivity index (χ2v) is 3.17. The van der Waals surface area contributed by atoms with Crippen LogP contribution in [0.1, 0.15) is 6.42 Å². The number of hydrogen-bond donors (Lipinski definition) is 3. The van der Waals surface area contributed by atoms with Crippen LogP contribution in [0.2, 0.25) is 0 Å². The molecule has 7 heteroatoms. The van der Waals surface area contributed by atoms with Crippen molar-refractivity contribution in [2.75, 3.05) is 6.61 Å². The lowest BCUT2D eigenvalue weighted by atomic mass is 9.98. The van der Waals surface area contributed by atoms with Crippen LogP contribution in [0.3, 0.4) is 0 Å². The molecule has 0 radical (unpaired) electrons. The average Bonchev–Trinajstić information content (AvgIpc) is 2.07. The SMILES string of the molecule is OC1CCOC(C(O)C(F)(F)F)C1O. The maximum atomic E-state index is 12.0. The van der Waals surface area contributed by atoms with E-state index in [9.17, 15) is 13.2 Å². The Balaban J connectivity index is 2.67. The van der Waals surface area contributed by atoms with Gasteiger partial charge in [-0.1, -0.05) is 0 Å². The Morgan fingerprint density at radius 2 is 1.86 bits per heavy atom. The number of halogens is 3. The van der Waals surface area contributed by atoms with Crippen LogP contribution >= 0.6 is 0 Å². The van der Waals surface area contributed by atoms with Gasteiger partial charge in [0.25, 0.3) is 0 Å². The van der Waals surface area contributed by atoms with Crippen LogP contribution in [0.15, 0.2) is 0 Å². The Bertz CT molecular complexity index is 196. The van der Waals surface area contributed by atoms with Crippen molar-refractivity contribution in [3.05, 3.63) is 0 Å². The van der Waals surface area contributed by atoms with Gasteiger partial charge in [0, 0.05) is 6.61 Å². The Morgan fingerprint density at radius 3 is 2.36 bits per heavy atom. The third kappa shape index (κ3) is 2.35. The molecular weight excluding hydrogens is 205 g/mol. The van der Waals surface area contributed by atoms with Gasteiger partial charge in [-0.05, 0) is 6.42 Å². The second-order valence-electron chi connectivity index (χ2n) is 3.17. The first-order valence-corrected chi connectivity index (χ1v) is 4.06. The summed E-state index contributed by atoms with van der Waals surface area (Å²) in [4.78, 5) is 0. The number of aliphatic hydroxyl groups excluding tert-OH is 3. The van der Waals surface area contributed by atoms with Gasteiger partial charge in [-0.3, -0.25) is 0 Å². The zero-order chi connectivity index (χ0) is 10.9. The molecule has 14 heavy (non-hydrogen) atoms. The molecule has 84 valence electrons. The summed E-state index contributed by atoms with van der Waals surface area (Å²) in [7, 11) is 0. The Hall–Kier alpha value is -0.370. The molecule has 3 N–H and O–H groups in total. The van der Waals surface area contributed by atoms with Gasteiger partial charge in [0.1, 0.15) is 12.2 Å². The lowest BCUT2D eigenvalue weighted by Crippen LogP contribution is -2.54. The molecule has 4 nitrogen and oxygen atoms in total. The third-order valence-electron chi connectivity index (χ3n) is 2.10. The molecule has 0 aromatic carbocycles. The topological polar surface area (TPSA) is 69.9 Å². The first-order chi connectivity index (χ1) is 6.34. The van der Waals surface area contributed by atoms with Crippen molar-refractivity contribution in [1.29, 1.82) is 0 Å². The van der Waals surface area contributed by atoms with Gasteiger partial charge in [0.15, 0.2) is 6.10 Å². The van der Waals surface area contributed by atoms with E-state index in [-0.39, 0.29) is 13.0 Å². The second kappa shape index (κ2) is 4.01. The van der Waals surface area contributed by atoms with Crippen LogP contribution in [0.25, 0.3) is 0 Å². The highest BCUT2D eigenvalue weighted by molar-refractivity contribution is 4.88. The summed E-state index contributed by atoms with van der Waals surface area (Å²) in [5.74, 6) is 0. The summed E-state index contributed by atoms with van der Waals surface area (Å²) in [6.07, 6.45) is -12.4. The van der Waals surface area contributed by atoms with Crippen molar-refractivity contribution < 1.29 is 33.2 Å². The molecule has 1 saturated heterocycles. The van der Waals surface area contributed by atoms with Gasteiger partial charge >= 0.3 is 6.18 Å². The molecule has 0 amide bonds. The molecule has 1 aliphatic heterocycles. The molecule has 0 aromatic rings. The highest BCUT2D eigenvalue weighted by Crippen LogP contribution is 2.28. The van der Waals surface area contributed by atoms with Crippen LogP contribution in [0.5, 0.6) is 0 Å². The molecule has 1 heterocycles. The highest BCUT2D eigenvalue weighted by Gasteiger charge is 2.49. The van der Waals surface area contributed by atoms with Gasteiger partial charge in [0.05, 0.1) is 6.10 Å². The molecule has 0 saturated carbocycles. The van der Waals surface area contributed by atoms with Gasteiger partial charge in [-0.2, -0.15) is 13.2 Å². The zero-order valence-corrected chi connectivity index (χ0v) is 7.11. The van der Waals surface area contributed by atoms with Gasteiger partial charge in [-0.25, -0.2) is 0 Å². The normalized spacial score (nSPS) is 36.9. The van der Waals surface area contributed by atoms with Gasteiger partial charge in [0.2, 0.25) is 0 Å². The van der Waals surface area contributed by atoms with E-state index in [0.29, 0.717) is 0 Å². The van der Waals surface area contributed by atoms with Crippen LogP contribution in [0, 0.1) is 0 Å². The van der Waals surface area contributed by atoms with E-state index in [4.69, 9.17) is 15.3 Å². The molecule has 4 unspecified atom stereocenters. The number of ether oxygens (including phenoxy) is 1. The molecule has 0 bridgehead atoms. The van der Waals surface area contributed by atoms with Gasteiger partial charge in [-0.15, -0.1) is 0 Å². The fourth-order valence-electron chi connectivity index (χ4n) is 1.28. The minimum Gasteiger partial charge on any atom is -0.390 e. The lowest BCUT2D eigenvalue weighted by molar-refractivity contribution is -0.266. The molecular formula is C7H11F3O4. The molecule has 0 spiro atoms. The predicted molar refractivity (Wildman–Crippen MR) is 38.4 cm³/mol. The molecule has 1 rings (SSSR count). The van der Waals surface area contributed by atoms with Crippen molar-refractivity contribution in [3.8, 4) is 0 Å². The van der Waals surface area contributed by atoms with Crippen LogP contribution < -0.4 is 0 Å². The van der Waals surface area contributed by atoms with E-state index in [0.717, 1.165) is 0 Å². The minimum atomic E-state index is -4.86. The van der Waals surface area contributed by atoms with Gasteiger partial charge < -0.3 is 20.1 Å². The standard InChI is InChI=1S/C7H11F3O4/c8-7(9,10)6(13)5-4(12)3(11)1-2-14-5/h3-6,11-13H,1-2H2. The number of rotatable bonds is 1. The van der Waals surface area contributed by atoms with E-state index in [2.05, 4.69) is 4.74 Å². The van der Waals surface area contributed by atoms with Crippen LogP contribution in [-0.4, -0.2) is 52.5 Å². The zero-order valence-electron chi connectivity index (χ0n) is 7.11.